The van der Waals surface area contributed by atoms with Crippen LogP contribution in [0.2, 0.25) is 0 Å². The lowest BCUT2D eigenvalue weighted by Crippen LogP contribution is -2.43. The van der Waals surface area contributed by atoms with E-state index in [0.717, 1.165) is 22.5 Å². The van der Waals surface area contributed by atoms with Gasteiger partial charge in [0.2, 0.25) is 0 Å². The van der Waals surface area contributed by atoms with Crippen molar-refractivity contribution in [1.29, 1.82) is 5.41 Å². The molecular formula is C20H21FN6OS. The number of carbonyl (C=O) groups excluding carboxylic acids is 1. The number of halogens is 1. The van der Waals surface area contributed by atoms with Gasteiger partial charge >= 0.3 is 0 Å². The van der Waals surface area contributed by atoms with Gasteiger partial charge in [0.05, 0.1) is 20.8 Å². The molecule has 3 aromatic rings. The van der Waals surface area contributed by atoms with Crippen LogP contribution < -0.4 is 11.2 Å². The Morgan fingerprint density at radius 2 is 2.10 bits per heavy atom. The minimum absolute atomic E-state index is 0.0287. The maximum atomic E-state index is 14.5. The molecule has 0 aliphatic heterocycles. The molecule has 0 saturated heterocycles. The number of aromatic nitrogens is 2. The molecule has 1 aromatic carbocycles. The second kappa shape index (κ2) is 7.49. The molecule has 4 N–H and O–H groups in total. The minimum atomic E-state index is -0.625. The molecule has 0 spiro atoms. The fraction of sp³-hybridized carbons (Fsp3) is 0.300. The molecule has 2 heterocycles. The largest absolute Gasteiger partial charge is 0.306 e. The number of nitrogens with two attached hydrogens (primary N) is 1. The Hall–Kier alpha value is -2.91. The van der Waals surface area contributed by atoms with E-state index in [9.17, 15) is 9.18 Å². The average Bonchev–Trinajstić information content (AvgIpc) is 3.46. The molecule has 150 valence electrons. The van der Waals surface area contributed by atoms with E-state index in [1.165, 1.54) is 28.5 Å². The van der Waals surface area contributed by atoms with Crippen molar-refractivity contribution in [2.45, 2.75) is 38.6 Å². The van der Waals surface area contributed by atoms with Crippen LogP contribution in [-0.2, 0) is 0 Å². The van der Waals surface area contributed by atoms with Crippen LogP contribution in [-0.4, -0.2) is 32.8 Å². The number of hydrogen-bond donors (Lipinski definition) is 3. The molecule has 1 amide bonds. The number of thiazole rings is 1. The number of anilines is 1. The number of nitrogens with zero attached hydrogens (tertiary/aromatic N) is 3. The smallest absolute Gasteiger partial charge is 0.259 e. The normalized spacial score (nSPS) is 13.7. The number of nitrogens with one attached hydrogen (secondary N) is 2. The van der Waals surface area contributed by atoms with Gasteiger partial charge in [-0.2, -0.15) is 0 Å². The van der Waals surface area contributed by atoms with E-state index in [-0.39, 0.29) is 23.3 Å². The van der Waals surface area contributed by atoms with E-state index >= 15 is 0 Å². The van der Waals surface area contributed by atoms with E-state index in [2.05, 4.69) is 15.3 Å². The summed E-state index contributed by atoms with van der Waals surface area (Å²) < 4.78 is 15.3. The van der Waals surface area contributed by atoms with Gasteiger partial charge in [-0.05, 0) is 44.9 Å². The van der Waals surface area contributed by atoms with Gasteiger partial charge in [0.15, 0.2) is 5.84 Å². The zero-order valence-corrected chi connectivity index (χ0v) is 16.9. The van der Waals surface area contributed by atoms with Crippen molar-refractivity contribution in [3.8, 4) is 0 Å². The number of carbonyl (C=O) groups is 1. The van der Waals surface area contributed by atoms with Gasteiger partial charge in [-0.25, -0.2) is 20.2 Å². The van der Waals surface area contributed by atoms with Crippen molar-refractivity contribution >= 4 is 39.1 Å². The summed E-state index contributed by atoms with van der Waals surface area (Å²) in [6.45, 7) is 3.71. The van der Waals surface area contributed by atoms with Gasteiger partial charge < -0.3 is 5.32 Å². The summed E-state index contributed by atoms with van der Waals surface area (Å²) in [4.78, 5) is 21.4. The third-order valence-electron chi connectivity index (χ3n) is 4.71. The molecule has 1 aliphatic carbocycles. The van der Waals surface area contributed by atoms with Gasteiger partial charge in [0.1, 0.15) is 17.3 Å². The van der Waals surface area contributed by atoms with Gasteiger partial charge in [0, 0.05) is 18.0 Å². The van der Waals surface area contributed by atoms with Crippen molar-refractivity contribution < 1.29 is 9.18 Å². The standard InChI is InChI=1S/C20H21FN6OS/c1-10(2)27(23)18(22)14-4-3-5-17(24-14)26-19(28)12-8-16-15(9-13(12)21)25-20(29-16)11-6-7-11/h3-5,8-11,22H,6-7,23H2,1-2H3,(H,24,26,28). The SMILES string of the molecule is CC(C)N(N)C(=N)c1cccc(NC(=O)c2cc3sc(C4CC4)nc3cc2F)n1. The highest BCUT2D eigenvalue weighted by atomic mass is 32.1. The number of hydrogen-bond acceptors (Lipinski definition) is 6. The summed E-state index contributed by atoms with van der Waals surface area (Å²) in [5, 5.41) is 13.0. The van der Waals surface area contributed by atoms with Crippen molar-refractivity contribution in [3.63, 3.8) is 0 Å². The van der Waals surface area contributed by atoms with Crippen LogP contribution in [0.3, 0.4) is 0 Å². The lowest BCUT2D eigenvalue weighted by molar-refractivity contribution is 0.102. The van der Waals surface area contributed by atoms with Crippen molar-refractivity contribution in [2.75, 3.05) is 5.32 Å². The van der Waals surface area contributed by atoms with Gasteiger partial charge in [-0.1, -0.05) is 6.07 Å². The summed E-state index contributed by atoms with van der Waals surface area (Å²) in [5.41, 5.74) is 0.830. The average molecular weight is 412 g/mol. The molecule has 0 unspecified atom stereocenters. The maximum absolute atomic E-state index is 14.5. The highest BCUT2D eigenvalue weighted by molar-refractivity contribution is 7.18. The molecular weight excluding hydrogens is 391 g/mol. The first-order chi connectivity index (χ1) is 13.8. The Balaban J connectivity index is 1.57. The first-order valence-electron chi connectivity index (χ1n) is 9.34. The second-order valence-electron chi connectivity index (χ2n) is 7.34. The number of hydrazine groups is 1. The van der Waals surface area contributed by atoms with E-state index in [0.29, 0.717) is 17.1 Å². The topological polar surface area (TPSA) is 108 Å². The number of amidine groups is 1. The Morgan fingerprint density at radius 3 is 2.79 bits per heavy atom. The Morgan fingerprint density at radius 1 is 1.34 bits per heavy atom. The third kappa shape index (κ3) is 3.96. The van der Waals surface area contributed by atoms with Crippen molar-refractivity contribution in [2.24, 2.45) is 5.84 Å². The number of pyridine rings is 1. The molecule has 0 radical (unpaired) electrons. The molecule has 1 fully saturated rings. The second-order valence-corrected chi connectivity index (χ2v) is 8.40. The maximum Gasteiger partial charge on any atom is 0.259 e. The van der Waals surface area contributed by atoms with E-state index in [1.54, 1.807) is 18.2 Å². The van der Waals surface area contributed by atoms with Crippen LogP contribution in [0.5, 0.6) is 0 Å². The molecule has 1 saturated carbocycles. The molecule has 7 nitrogen and oxygen atoms in total. The van der Waals surface area contributed by atoms with Gasteiger partial charge in [-0.3, -0.25) is 15.2 Å². The monoisotopic (exact) mass is 412 g/mol. The van der Waals surface area contributed by atoms with E-state index in [1.807, 2.05) is 13.8 Å². The first kappa shape index (κ1) is 19.4. The molecule has 1 aliphatic rings. The summed E-state index contributed by atoms with van der Waals surface area (Å²) in [7, 11) is 0. The van der Waals surface area contributed by atoms with Crippen LogP contribution in [0.15, 0.2) is 30.3 Å². The van der Waals surface area contributed by atoms with Crippen molar-refractivity contribution in [3.05, 3.63) is 52.4 Å². The molecule has 9 heteroatoms. The van der Waals surface area contributed by atoms with Crippen LogP contribution in [0.4, 0.5) is 10.2 Å². The first-order valence-corrected chi connectivity index (χ1v) is 10.2. The Kier molecular flexibility index (Phi) is 5.01. The van der Waals surface area contributed by atoms with Gasteiger partial charge in [-0.15, -0.1) is 11.3 Å². The summed E-state index contributed by atoms with van der Waals surface area (Å²) >= 11 is 1.51. The third-order valence-corrected chi connectivity index (χ3v) is 5.89. The highest BCUT2D eigenvalue weighted by Crippen LogP contribution is 2.43. The molecule has 2 aromatic heterocycles. The highest BCUT2D eigenvalue weighted by Gasteiger charge is 2.27. The molecule has 0 atom stereocenters. The summed E-state index contributed by atoms with van der Waals surface area (Å²) in [5.74, 6) is 5.36. The number of amides is 1. The quantitative estimate of drug-likeness (QED) is 0.255. The van der Waals surface area contributed by atoms with Crippen LogP contribution in [0.1, 0.15) is 53.7 Å². The summed E-state index contributed by atoms with van der Waals surface area (Å²) in [6.07, 6.45) is 2.23. The molecule has 0 bridgehead atoms. The van der Waals surface area contributed by atoms with Crippen LogP contribution in [0.25, 0.3) is 10.2 Å². The van der Waals surface area contributed by atoms with E-state index in [4.69, 9.17) is 11.3 Å². The van der Waals surface area contributed by atoms with Gasteiger partial charge in [0.25, 0.3) is 5.91 Å². The predicted molar refractivity (Wildman–Crippen MR) is 112 cm³/mol. The Bertz CT molecular complexity index is 1110. The lowest BCUT2D eigenvalue weighted by atomic mass is 10.2. The molecule has 29 heavy (non-hydrogen) atoms. The Labute approximate surface area is 171 Å². The van der Waals surface area contributed by atoms with Crippen molar-refractivity contribution in [1.82, 2.24) is 15.0 Å². The van der Waals surface area contributed by atoms with Crippen LogP contribution >= 0.6 is 11.3 Å². The number of fused-ring (bicyclic) bond motifs is 1. The summed E-state index contributed by atoms with van der Waals surface area (Å²) in [6, 6.07) is 7.63. The zero-order chi connectivity index (χ0) is 20.7. The fourth-order valence-electron chi connectivity index (χ4n) is 2.86. The minimum Gasteiger partial charge on any atom is -0.306 e. The van der Waals surface area contributed by atoms with Crippen LogP contribution in [0, 0.1) is 11.2 Å². The number of rotatable bonds is 5. The zero-order valence-electron chi connectivity index (χ0n) is 16.1. The lowest BCUT2D eigenvalue weighted by Gasteiger charge is -2.23. The predicted octanol–water partition coefficient (Wildman–Crippen LogP) is 3.87. The fourth-order valence-corrected chi connectivity index (χ4v) is 4.01. The van der Waals surface area contributed by atoms with E-state index < -0.39 is 11.7 Å². The molecule has 4 rings (SSSR count). The number of benzene rings is 1.